The van der Waals surface area contributed by atoms with Gasteiger partial charge in [0, 0.05) is 18.3 Å². The number of amides is 2. The van der Waals surface area contributed by atoms with Crippen LogP contribution in [0.15, 0.2) is 0 Å². The lowest BCUT2D eigenvalue weighted by molar-refractivity contribution is 0.233. The molecule has 5 nitrogen and oxygen atoms in total. The predicted molar refractivity (Wildman–Crippen MR) is 67.7 cm³/mol. The molecule has 0 aliphatic heterocycles. The SMILES string of the molecule is CCS(=O)(=O)CCNC(=O)NC1CCCCC1. The summed E-state index contributed by atoms with van der Waals surface area (Å²) < 4.78 is 22.4. The number of hydrogen-bond acceptors (Lipinski definition) is 3. The molecule has 1 aliphatic rings. The van der Waals surface area contributed by atoms with E-state index >= 15 is 0 Å². The maximum Gasteiger partial charge on any atom is 0.315 e. The molecule has 0 aromatic rings. The molecule has 0 spiro atoms. The van der Waals surface area contributed by atoms with Crippen LogP contribution >= 0.6 is 0 Å². The molecule has 0 saturated heterocycles. The number of urea groups is 1. The Balaban J connectivity index is 2.16. The fourth-order valence-electron chi connectivity index (χ4n) is 1.95. The maximum absolute atomic E-state index is 11.5. The predicted octanol–water partition coefficient (Wildman–Crippen LogP) is 1.05. The third kappa shape index (κ3) is 5.91. The molecule has 1 rings (SSSR count). The third-order valence-corrected chi connectivity index (χ3v) is 4.78. The Morgan fingerprint density at radius 2 is 1.88 bits per heavy atom. The van der Waals surface area contributed by atoms with Gasteiger partial charge in [0.05, 0.1) is 5.75 Å². The highest BCUT2D eigenvalue weighted by atomic mass is 32.2. The molecule has 0 radical (unpaired) electrons. The lowest BCUT2D eigenvalue weighted by atomic mass is 9.96. The van der Waals surface area contributed by atoms with Gasteiger partial charge in [-0.05, 0) is 12.8 Å². The van der Waals surface area contributed by atoms with Crippen LogP contribution in [0.1, 0.15) is 39.0 Å². The minimum absolute atomic E-state index is 0.0155. The molecule has 2 amide bonds. The largest absolute Gasteiger partial charge is 0.337 e. The molecule has 2 N–H and O–H groups in total. The highest BCUT2D eigenvalue weighted by Gasteiger charge is 2.15. The molecule has 0 atom stereocenters. The van der Waals surface area contributed by atoms with E-state index in [0.29, 0.717) is 0 Å². The zero-order valence-corrected chi connectivity index (χ0v) is 11.2. The van der Waals surface area contributed by atoms with Crippen molar-refractivity contribution in [3.8, 4) is 0 Å². The minimum atomic E-state index is -2.99. The van der Waals surface area contributed by atoms with Gasteiger partial charge in [0.2, 0.25) is 0 Å². The molecule has 0 bridgehead atoms. The summed E-state index contributed by atoms with van der Waals surface area (Å²) in [7, 11) is -2.99. The van der Waals surface area contributed by atoms with Crippen LogP contribution < -0.4 is 10.6 Å². The Kier molecular flexibility index (Phi) is 5.74. The zero-order chi connectivity index (χ0) is 12.7. The molecule has 1 saturated carbocycles. The van der Waals surface area contributed by atoms with E-state index in [9.17, 15) is 13.2 Å². The standard InChI is InChI=1S/C11H22N2O3S/c1-2-17(15,16)9-8-12-11(14)13-10-6-4-3-5-7-10/h10H,2-9H2,1H3,(H2,12,13,14). The van der Waals surface area contributed by atoms with Gasteiger partial charge in [0.1, 0.15) is 0 Å². The molecule has 17 heavy (non-hydrogen) atoms. The summed E-state index contributed by atoms with van der Waals surface area (Å²) in [6.07, 6.45) is 5.63. The summed E-state index contributed by atoms with van der Waals surface area (Å²) in [5.74, 6) is 0.139. The van der Waals surface area contributed by atoms with E-state index in [1.54, 1.807) is 6.92 Å². The van der Waals surface area contributed by atoms with Crippen LogP contribution in [0, 0.1) is 0 Å². The van der Waals surface area contributed by atoms with Crippen LogP contribution in [-0.4, -0.2) is 38.5 Å². The van der Waals surface area contributed by atoms with Crippen molar-refractivity contribution < 1.29 is 13.2 Å². The second-order valence-electron chi connectivity index (χ2n) is 4.47. The fourth-order valence-corrected chi connectivity index (χ4v) is 2.65. The van der Waals surface area contributed by atoms with E-state index in [-0.39, 0.29) is 30.1 Å². The number of carbonyl (C=O) groups is 1. The van der Waals surface area contributed by atoms with Gasteiger partial charge in [0.15, 0.2) is 9.84 Å². The maximum atomic E-state index is 11.5. The van der Waals surface area contributed by atoms with Crippen molar-refractivity contribution in [2.24, 2.45) is 0 Å². The summed E-state index contributed by atoms with van der Waals surface area (Å²) in [6, 6.07) is 0.00901. The first-order valence-electron chi connectivity index (χ1n) is 6.28. The van der Waals surface area contributed by atoms with Gasteiger partial charge in [-0.3, -0.25) is 0 Å². The molecular weight excluding hydrogens is 240 g/mol. The zero-order valence-electron chi connectivity index (χ0n) is 10.4. The van der Waals surface area contributed by atoms with Crippen molar-refractivity contribution in [3.05, 3.63) is 0 Å². The summed E-state index contributed by atoms with van der Waals surface area (Å²) in [4.78, 5) is 11.5. The highest BCUT2D eigenvalue weighted by molar-refractivity contribution is 7.91. The number of hydrogen-bond donors (Lipinski definition) is 2. The number of carbonyl (C=O) groups excluding carboxylic acids is 1. The van der Waals surface area contributed by atoms with Crippen molar-refractivity contribution in [1.29, 1.82) is 0 Å². The molecule has 0 aromatic carbocycles. The van der Waals surface area contributed by atoms with Crippen molar-refractivity contribution in [3.63, 3.8) is 0 Å². The molecule has 0 aromatic heterocycles. The van der Waals surface area contributed by atoms with Crippen molar-refractivity contribution in [1.82, 2.24) is 10.6 Å². The van der Waals surface area contributed by atoms with Crippen molar-refractivity contribution >= 4 is 15.9 Å². The van der Waals surface area contributed by atoms with Crippen LogP contribution in [0.4, 0.5) is 4.79 Å². The summed E-state index contributed by atoms with van der Waals surface area (Å²) in [5.41, 5.74) is 0. The van der Waals surface area contributed by atoms with Crippen LogP contribution in [0.5, 0.6) is 0 Å². The van der Waals surface area contributed by atoms with Crippen LogP contribution in [0.25, 0.3) is 0 Å². The fraction of sp³-hybridized carbons (Fsp3) is 0.909. The Morgan fingerprint density at radius 1 is 1.24 bits per heavy atom. The van der Waals surface area contributed by atoms with Gasteiger partial charge in [-0.25, -0.2) is 13.2 Å². The summed E-state index contributed by atoms with van der Waals surface area (Å²) >= 11 is 0. The Hall–Kier alpha value is -0.780. The lowest BCUT2D eigenvalue weighted by Gasteiger charge is -2.22. The minimum Gasteiger partial charge on any atom is -0.337 e. The van der Waals surface area contributed by atoms with Gasteiger partial charge < -0.3 is 10.6 Å². The molecular formula is C11H22N2O3S. The molecule has 1 fully saturated rings. The second kappa shape index (κ2) is 6.83. The molecule has 100 valence electrons. The van der Waals surface area contributed by atoms with Gasteiger partial charge in [-0.2, -0.15) is 0 Å². The van der Waals surface area contributed by atoms with E-state index in [0.717, 1.165) is 25.7 Å². The first-order chi connectivity index (χ1) is 8.03. The molecule has 0 unspecified atom stereocenters. The quantitative estimate of drug-likeness (QED) is 0.777. The van der Waals surface area contributed by atoms with Crippen LogP contribution in [0.3, 0.4) is 0 Å². The first-order valence-corrected chi connectivity index (χ1v) is 8.10. The average Bonchev–Trinajstić information content (AvgIpc) is 2.30. The van der Waals surface area contributed by atoms with E-state index in [2.05, 4.69) is 10.6 Å². The topological polar surface area (TPSA) is 75.3 Å². The second-order valence-corrected chi connectivity index (χ2v) is 6.94. The van der Waals surface area contributed by atoms with E-state index in [1.807, 2.05) is 0 Å². The molecule has 6 heteroatoms. The van der Waals surface area contributed by atoms with E-state index < -0.39 is 9.84 Å². The lowest BCUT2D eigenvalue weighted by Crippen LogP contribution is -2.44. The normalized spacial score (nSPS) is 17.7. The monoisotopic (exact) mass is 262 g/mol. The van der Waals surface area contributed by atoms with Gasteiger partial charge in [-0.15, -0.1) is 0 Å². The third-order valence-electron chi connectivity index (χ3n) is 3.08. The average molecular weight is 262 g/mol. The molecule has 1 aliphatic carbocycles. The van der Waals surface area contributed by atoms with Crippen LogP contribution in [-0.2, 0) is 9.84 Å². The van der Waals surface area contributed by atoms with Crippen molar-refractivity contribution in [2.75, 3.05) is 18.1 Å². The Labute approximate surface area is 103 Å². The Morgan fingerprint density at radius 3 is 2.47 bits per heavy atom. The van der Waals surface area contributed by atoms with Crippen LogP contribution in [0.2, 0.25) is 0 Å². The number of rotatable bonds is 5. The molecule has 0 heterocycles. The highest BCUT2D eigenvalue weighted by Crippen LogP contribution is 2.16. The van der Waals surface area contributed by atoms with Crippen molar-refractivity contribution in [2.45, 2.75) is 45.1 Å². The summed E-state index contributed by atoms with van der Waals surface area (Å²) in [5, 5.41) is 5.47. The number of sulfone groups is 1. The smallest absolute Gasteiger partial charge is 0.315 e. The van der Waals surface area contributed by atoms with Gasteiger partial charge in [0.25, 0.3) is 0 Å². The first kappa shape index (κ1) is 14.3. The number of nitrogens with one attached hydrogen (secondary N) is 2. The summed E-state index contributed by atoms with van der Waals surface area (Å²) in [6.45, 7) is 1.80. The van der Waals surface area contributed by atoms with Gasteiger partial charge in [-0.1, -0.05) is 26.2 Å². The van der Waals surface area contributed by atoms with Gasteiger partial charge >= 0.3 is 6.03 Å². The Bertz CT molecular complexity index is 335. The van der Waals surface area contributed by atoms with E-state index in [4.69, 9.17) is 0 Å². The van der Waals surface area contributed by atoms with E-state index in [1.165, 1.54) is 6.42 Å².